The van der Waals surface area contributed by atoms with E-state index in [-0.39, 0.29) is 12.1 Å². The predicted octanol–water partition coefficient (Wildman–Crippen LogP) is 4.20. The third kappa shape index (κ3) is 2.78. The summed E-state index contributed by atoms with van der Waals surface area (Å²) in [4.78, 5) is 4.37. The minimum Gasteiger partial charge on any atom is -0.497 e. The Morgan fingerprint density at radius 1 is 1.08 bits per heavy atom. The first-order valence-corrected chi connectivity index (χ1v) is 8.59. The third-order valence-electron chi connectivity index (χ3n) is 4.40. The summed E-state index contributed by atoms with van der Waals surface area (Å²) in [5.41, 5.74) is 2.44. The lowest BCUT2D eigenvalue weighted by molar-refractivity contribution is 0.411. The molecule has 1 N–H and O–H groups in total. The molecule has 24 heavy (non-hydrogen) atoms. The number of ether oxygens (including phenoxy) is 1. The van der Waals surface area contributed by atoms with Gasteiger partial charge < -0.3 is 10.1 Å². The third-order valence-corrected chi connectivity index (χ3v) is 4.93. The summed E-state index contributed by atoms with van der Waals surface area (Å²) in [6, 6.07) is 16.9. The molecule has 0 radical (unpaired) electrons. The van der Waals surface area contributed by atoms with Gasteiger partial charge in [0, 0.05) is 4.47 Å². The van der Waals surface area contributed by atoms with Crippen molar-refractivity contribution in [3.8, 4) is 5.75 Å². The molecule has 2 heterocycles. The number of aromatic nitrogens is 3. The number of hydrogen-bond acceptors (Lipinski definition) is 4. The van der Waals surface area contributed by atoms with Crippen LogP contribution in [0.15, 0.2) is 59.3 Å². The number of anilines is 1. The molecular formula is C18H17BrN4O. The highest BCUT2D eigenvalue weighted by atomic mass is 79.9. The van der Waals surface area contributed by atoms with Crippen LogP contribution in [0.3, 0.4) is 0 Å². The number of benzene rings is 2. The Morgan fingerprint density at radius 3 is 2.50 bits per heavy atom. The molecule has 3 aromatic rings. The number of fused-ring (bicyclic) bond motifs is 1. The van der Waals surface area contributed by atoms with Gasteiger partial charge in [0.15, 0.2) is 0 Å². The van der Waals surface area contributed by atoms with Crippen molar-refractivity contribution in [2.45, 2.75) is 18.5 Å². The van der Waals surface area contributed by atoms with Gasteiger partial charge in [0.1, 0.15) is 12.1 Å². The van der Waals surface area contributed by atoms with Crippen molar-refractivity contribution in [3.63, 3.8) is 0 Å². The average molecular weight is 385 g/mol. The van der Waals surface area contributed by atoms with Crippen molar-refractivity contribution in [1.29, 1.82) is 0 Å². The minimum atomic E-state index is 0.142. The smallest absolute Gasteiger partial charge is 0.222 e. The fourth-order valence-electron chi connectivity index (χ4n) is 3.14. The van der Waals surface area contributed by atoms with Gasteiger partial charge in [-0.05, 0) is 41.8 Å². The Hall–Kier alpha value is -2.34. The van der Waals surface area contributed by atoms with Crippen molar-refractivity contribution in [2.24, 2.45) is 0 Å². The molecule has 2 aromatic carbocycles. The van der Waals surface area contributed by atoms with E-state index in [1.54, 1.807) is 13.4 Å². The molecule has 122 valence electrons. The number of methoxy groups -OCH3 is 1. The van der Waals surface area contributed by atoms with Crippen molar-refractivity contribution in [2.75, 3.05) is 12.4 Å². The fourth-order valence-corrected chi connectivity index (χ4v) is 3.40. The zero-order valence-electron chi connectivity index (χ0n) is 13.2. The van der Waals surface area contributed by atoms with E-state index < -0.39 is 0 Å². The zero-order valence-corrected chi connectivity index (χ0v) is 14.8. The Bertz CT molecular complexity index is 829. The average Bonchev–Trinajstić information content (AvgIpc) is 3.10. The molecule has 0 bridgehead atoms. The number of nitrogens with one attached hydrogen (secondary N) is 1. The molecule has 4 rings (SSSR count). The van der Waals surface area contributed by atoms with Crippen LogP contribution in [0.5, 0.6) is 5.75 Å². The lowest BCUT2D eigenvalue weighted by atomic mass is 9.93. The topological polar surface area (TPSA) is 52.0 Å². The van der Waals surface area contributed by atoms with Gasteiger partial charge in [-0.1, -0.05) is 40.2 Å². The second-order valence-electron chi connectivity index (χ2n) is 5.80. The molecule has 6 heteroatoms. The van der Waals surface area contributed by atoms with Gasteiger partial charge in [-0.25, -0.2) is 4.68 Å². The molecule has 2 atom stereocenters. The Kier molecular flexibility index (Phi) is 3.98. The van der Waals surface area contributed by atoms with Crippen LogP contribution in [0.1, 0.15) is 29.6 Å². The molecule has 5 nitrogen and oxygen atoms in total. The summed E-state index contributed by atoms with van der Waals surface area (Å²) in [5.74, 6) is 1.66. The summed E-state index contributed by atoms with van der Waals surface area (Å²) in [5, 5.41) is 7.89. The van der Waals surface area contributed by atoms with Gasteiger partial charge in [-0.2, -0.15) is 10.1 Å². The summed E-state index contributed by atoms with van der Waals surface area (Å²) in [6.07, 6.45) is 2.51. The molecule has 0 saturated heterocycles. The van der Waals surface area contributed by atoms with E-state index in [0.717, 1.165) is 22.6 Å². The Balaban J connectivity index is 1.69. The largest absolute Gasteiger partial charge is 0.497 e. The second kappa shape index (κ2) is 6.28. The first kappa shape index (κ1) is 15.2. The monoisotopic (exact) mass is 384 g/mol. The molecule has 0 aliphatic carbocycles. The van der Waals surface area contributed by atoms with Crippen LogP contribution in [-0.2, 0) is 0 Å². The molecule has 0 fully saturated rings. The molecule has 1 aliphatic heterocycles. The van der Waals surface area contributed by atoms with Crippen molar-refractivity contribution >= 4 is 21.9 Å². The van der Waals surface area contributed by atoms with Crippen molar-refractivity contribution < 1.29 is 4.74 Å². The Morgan fingerprint density at radius 2 is 1.79 bits per heavy atom. The van der Waals surface area contributed by atoms with E-state index in [1.807, 2.05) is 16.8 Å². The number of hydrogen-bond donors (Lipinski definition) is 1. The van der Waals surface area contributed by atoms with E-state index in [2.05, 4.69) is 67.7 Å². The van der Waals surface area contributed by atoms with Crippen LogP contribution < -0.4 is 10.1 Å². The first-order valence-electron chi connectivity index (χ1n) is 7.80. The molecule has 1 aromatic heterocycles. The number of rotatable bonds is 3. The Labute approximate surface area is 148 Å². The lowest BCUT2D eigenvalue weighted by Crippen LogP contribution is -2.28. The maximum absolute atomic E-state index is 5.26. The van der Waals surface area contributed by atoms with E-state index in [0.29, 0.717) is 0 Å². The van der Waals surface area contributed by atoms with Gasteiger partial charge in [0.2, 0.25) is 5.95 Å². The van der Waals surface area contributed by atoms with Gasteiger partial charge >= 0.3 is 0 Å². The molecule has 0 saturated carbocycles. The maximum Gasteiger partial charge on any atom is 0.222 e. The number of halogens is 1. The highest BCUT2D eigenvalue weighted by molar-refractivity contribution is 9.10. The van der Waals surface area contributed by atoms with Crippen LogP contribution in [0, 0.1) is 0 Å². The standard InChI is InChI=1S/C18H17BrN4O/c1-24-15-8-4-13(5-9-15)17-10-16(12-2-6-14(19)7-3-12)22-18-20-11-21-23(17)18/h2-9,11,16-17H,10H2,1H3,(H,20,21,22)/t16-,17+/m1/s1. The molecule has 1 aliphatic rings. The first-order chi connectivity index (χ1) is 11.7. The van der Waals surface area contributed by atoms with Gasteiger partial charge in [0.05, 0.1) is 19.2 Å². The maximum atomic E-state index is 5.26. The van der Waals surface area contributed by atoms with E-state index in [9.17, 15) is 0 Å². The van der Waals surface area contributed by atoms with Crippen LogP contribution >= 0.6 is 15.9 Å². The van der Waals surface area contributed by atoms with Gasteiger partial charge in [0.25, 0.3) is 0 Å². The molecular weight excluding hydrogens is 368 g/mol. The zero-order chi connectivity index (χ0) is 16.5. The highest BCUT2D eigenvalue weighted by Crippen LogP contribution is 2.37. The van der Waals surface area contributed by atoms with Crippen LogP contribution in [0.4, 0.5) is 5.95 Å². The fraction of sp³-hybridized carbons (Fsp3) is 0.222. The molecule has 0 spiro atoms. The summed E-state index contributed by atoms with van der Waals surface area (Å²) < 4.78 is 8.30. The van der Waals surface area contributed by atoms with Gasteiger partial charge in [-0.15, -0.1) is 0 Å². The van der Waals surface area contributed by atoms with Gasteiger partial charge in [-0.3, -0.25) is 0 Å². The second-order valence-corrected chi connectivity index (χ2v) is 6.72. The van der Waals surface area contributed by atoms with E-state index >= 15 is 0 Å². The summed E-state index contributed by atoms with van der Waals surface area (Å²) in [7, 11) is 1.68. The van der Waals surface area contributed by atoms with Crippen LogP contribution in [0.2, 0.25) is 0 Å². The highest BCUT2D eigenvalue weighted by Gasteiger charge is 2.29. The van der Waals surface area contributed by atoms with E-state index in [4.69, 9.17) is 4.74 Å². The SMILES string of the molecule is COc1ccc([C@@H]2C[C@H](c3ccc(Br)cc3)Nc3ncnn32)cc1. The number of nitrogens with zero attached hydrogens (tertiary/aromatic N) is 3. The van der Waals surface area contributed by atoms with E-state index in [1.165, 1.54) is 11.1 Å². The van der Waals surface area contributed by atoms with Crippen LogP contribution in [0.25, 0.3) is 0 Å². The van der Waals surface area contributed by atoms with Crippen molar-refractivity contribution in [1.82, 2.24) is 14.8 Å². The van der Waals surface area contributed by atoms with Crippen molar-refractivity contribution in [3.05, 3.63) is 70.5 Å². The summed E-state index contributed by atoms with van der Waals surface area (Å²) >= 11 is 3.49. The normalized spacial score (nSPS) is 19.4. The lowest BCUT2D eigenvalue weighted by Gasteiger charge is -2.31. The minimum absolute atomic E-state index is 0.142. The van der Waals surface area contributed by atoms with Crippen LogP contribution in [-0.4, -0.2) is 21.9 Å². The molecule has 0 unspecified atom stereocenters. The summed E-state index contributed by atoms with van der Waals surface area (Å²) in [6.45, 7) is 0. The predicted molar refractivity (Wildman–Crippen MR) is 96.3 cm³/mol. The quantitative estimate of drug-likeness (QED) is 0.735. The molecule has 0 amide bonds.